The summed E-state index contributed by atoms with van der Waals surface area (Å²) in [5, 5.41) is 17.8. The Balaban J connectivity index is 1.83. The normalized spacial score (nSPS) is 13.7. The van der Waals surface area contributed by atoms with E-state index < -0.39 is 5.97 Å². The highest BCUT2D eigenvalue weighted by Gasteiger charge is 2.30. The van der Waals surface area contributed by atoms with E-state index in [1.54, 1.807) is 33.7 Å². The number of nitrogens with zero attached hydrogens (tertiary/aromatic N) is 3. The highest BCUT2D eigenvalue weighted by Crippen LogP contribution is 2.35. The first-order valence-corrected chi connectivity index (χ1v) is 9.73. The molecular formula is C20H19N3O3S. The van der Waals surface area contributed by atoms with Crippen LogP contribution in [-0.2, 0) is 4.79 Å². The van der Waals surface area contributed by atoms with Gasteiger partial charge in [0.15, 0.2) is 0 Å². The molecule has 7 heteroatoms. The second kappa shape index (κ2) is 8.14. The molecule has 6 nitrogen and oxygen atoms in total. The van der Waals surface area contributed by atoms with Crippen LogP contribution in [-0.4, -0.2) is 47.9 Å². The number of carboxylic acids is 1. The minimum atomic E-state index is -0.905. The van der Waals surface area contributed by atoms with Gasteiger partial charge in [-0.2, -0.15) is 5.26 Å². The third-order valence-corrected chi connectivity index (χ3v) is 5.28. The summed E-state index contributed by atoms with van der Waals surface area (Å²) in [5.74, 6) is -0.905. The average molecular weight is 381 g/mol. The molecule has 0 saturated carbocycles. The molecule has 0 atom stereocenters. The topological polar surface area (TPSA) is 84.6 Å². The van der Waals surface area contributed by atoms with Crippen LogP contribution in [0, 0.1) is 11.3 Å². The minimum absolute atomic E-state index is 0.0490. The Bertz CT molecular complexity index is 906. The molecule has 0 bridgehead atoms. The summed E-state index contributed by atoms with van der Waals surface area (Å²) in [6, 6.07) is 15.3. The molecule has 0 spiro atoms. The molecule has 2 aromatic carbocycles. The molecule has 0 radical (unpaired) electrons. The summed E-state index contributed by atoms with van der Waals surface area (Å²) in [4.78, 5) is 27.6. The lowest BCUT2D eigenvalue weighted by Crippen LogP contribution is -2.33. The number of urea groups is 1. The Hall–Kier alpha value is -2.98. The van der Waals surface area contributed by atoms with E-state index in [0.717, 1.165) is 21.7 Å². The number of hydrogen-bond donors (Lipinski definition) is 1. The zero-order valence-electron chi connectivity index (χ0n) is 14.9. The SMILES string of the molecule is CSc1cc(-c2ccc(C#N)cc2)ccc1N1CCN(CCC(=O)O)C1=O. The number of nitriles is 1. The van der Waals surface area contributed by atoms with Crippen molar-refractivity contribution < 1.29 is 14.7 Å². The van der Waals surface area contributed by atoms with Gasteiger partial charge in [0.05, 0.1) is 23.7 Å². The number of thioether (sulfide) groups is 1. The van der Waals surface area contributed by atoms with Gasteiger partial charge in [0.1, 0.15) is 0 Å². The first-order chi connectivity index (χ1) is 13.0. The summed E-state index contributed by atoms with van der Waals surface area (Å²) in [7, 11) is 0. The molecule has 1 heterocycles. The van der Waals surface area contributed by atoms with Crippen molar-refractivity contribution in [2.75, 3.05) is 30.8 Å². The average Bonchev–Trinajstić information content (AvgIpc) is 3.06. The van der Waals surface area contributed by atoms with Crippen molar-refractivity contribution in [3.63, 3.8) is 0 Å². The Morgan fingerprint density at radius 1 is 1.19 bits per heavy atom. The van der Waals surface area contributed by atoms with E-state index >= 15 is 0 Å². The summed E-state index contributed by atoms with van der Waals surface area (Å²) >= 11 is 1.56. The molecular weight excluding hydrogens is 362 g/mol. The Kier molecular flexibility index (Phi) is 5.67. The van der Waals surface area contributed by atoms with Crippen LogP contribution >= 0.6 is 11.8 Å². The third-order valence-electron chi connectivity index (χ3n) is 4.51. The fourth-order valence-electron chi connectivity index (χ4n) is 3.06. The standard InChI is InChI=1S/C20H19N3O3S/c1-27-18-12-16(15-4-2-14(13-21)3-5-15)6-7-17(18)23-11-10-22(20(23)26)9-8-19(24)25/h2-7,12H,8-11H2,1H3,(H,24,25). The maximum absolute atomic E-state index is 12.6. The molecule has 2 amide bonds. The van der Waals surface area contributed by atoms with Gasteiger partial charge in [0, 0.05) is 24.5 Å². The predicted octanol–water partition coefficient (Wildman–Crippen LogP) is 3.66. The van der Waals surface area contributed by atoms with Gasteiger partial charge in [-0.1, -0.05) is 18.2 Å². The quantitative estimate of drug-likeness (QED) is 0.772. The molecule has 1 N–H and O–H groups in total. The number of carbonyl (C=O) groups is 2. The third kappa shape index (κ3) is 4.07. The second-order valence-electron chi connectivity index (χ2n) is 6.14. The molecule has 2 aromatic rings. The summed E-state index contributed by atoms with van der Waals surface area (Å²) in [6.45, 7) is 1.29. The van der Waals surface area contributed by atoms with Crippen molar-refractivity contribution in [1.29, 1.82) is 5.26 Å². The number of anilines is 1. The van der Waals surface area contributed by atoms with Gasteiger partial charge >= 0.3 is 12.0 Å². The van der Waals surface area contributed by atoms with Crippen LogP contribution in [0.3, 0.4) is 0 Å². The lowest BCUT2D eigenvalue weighted by molar-refractivity contribution is -0.137. The van der Waals surface area contributed by atoms with Gasteiger partial charge in [-0.05, 0) is 41.6 Å². The monoisotopic (exact) mass is 381 g/mol. The molecule has 0 aliphatic carbocycles. The van der Waals surface area contributed by atoms with Crippen LogP contribution in [0.15, 0.2) is 47.4 Å². The Morgan fingerprint density at radius 3 is 2.52 bits per heavy atom. The molecule has 27 heavy (non-hydrogen) atoms. The highest BCUT2D eigenvalue weighted by molar-refractivity contribution is 7.98. The van der Waals surface area contributed by atoms with E-state index in [0.29, 0.717) is 18.7 Å². The van der Waals surface area contributed by atoms with Crippen molar-refractivity contribution in [2.24, 2.45) is 0 Å². The molecule has 1 aliphatic heterocycles. The van der Waals surface area contributed by atoms with Gasteiger partial charge in [0.25, 0.3) is 0 Å². The number of rotatable bonds is 6. The van der Waals surface area contributed by atoms with E-state index in [4.69, 9.17) is 10.4 Å². The summed E-state index contributed by atoms with van der Waals surface area (Å²) < 4.78 is 0. The number of carboxylic acid groups (broad SMARTS) is 1. The maximum Gasteiger partial charge on any atom is 0.324 e. The number of hydrogen-bond acceptors (Lipinski definition) is 4. The van der Waals surface area contributed by atoms with Gasteiger partial charge < -0.3 is 10.0 Å². The molecule has 1 saturated heterocycles. The largest absolute Gasteiger partial charge is 0.481 e. The van der Waals surface area contributed by atoms with Gasteiger partial charge in [-0.15, -0.1) is 11.8 Å². The lowest BCUT2D eigenvalue weighted by Gasteiger charge is -2.21. The van der Waals surface area contributed by atoms with E-state index in [9.17, 15) is 9.59 Å². The number of benzene rings is 2. The first kappa shape index (κ1) is 18.8. The van der Waals surface area contributed by atoms with Crippen LogP contribution in [0.4, 0.5) is 10.5 Å². The van der Waals surface area contributed by atoms with Crippen molar-refractivity contribution in [3.8, 4) is 17.2 Å². The van der Waals surface area contributed by atoms with Crippen LogP contribution in [0.1, 0.15) is 12.0 Å². The number of carbonyl (C=O) groups excluding carboxylic acids is 1. The van der Waals surface area contributed by atoms with Crippen molar-refractivity contribution in [3.05, 3.63) is 48.0 Å². The van der Waals surface area contributed by atoms with Gasteiger partial charge in [-0.25, -0.2) is 4.79 Å². The van der Waals surface area contributed by atoms with Crippen molar-refractivity contribution >= 4 is 29.4 Å². The number of amides is 2. The second-order valence-corrected chi connectivity index (χ2v) is 6.99. The maximum atomic E-state index is 12.6. The van der Waals surface area contributed by atoms with Crippen LogP contribution in [0.2, 0.25) is 0 Å². The Morgan fingerprint density at radius 2 is 1.89 bits per heavy atom. The summed E-state index contributed by atoms with van der Waals surface area (Å²) in [5.41, 5.74) is 3.47. The van der Waals surface area contributed by atoms with Crippen molar-refractivity contribution in [1.82, 2.24) is 4.90 Å². The molecule has 138 valence electrons. The van der Waals surface area contributed by atoms with Crippen LogP contribution in [0.5, 0.6) is 0 Å². The molecule has 3 rings (SSSR count). The zero-order valence-corrected chi connectivity index (χ0v) is 15.7. The summed E-state index contributed by atoms with van der Waals surface area (Å²) in [6.07, 6.45) is 1.91. The van der Waals surface area contributed by atoms with Crippen LogP contribution in [0.25, 0.3) is 11.1 Å². The number of aliphatic carboxylic acids is 1. The smallest absolute Gasteiger partial charge is 0.324 e. The Labute approximate surface area is 162 Å². The molecule has 0 aromatic heterocycles. The fourth-order valence-corrected chi connectivity index (χ4v) is 3.69. The van der Waals surface area contributed by atoms with E-state index in [1.807, 2.05) is 36.6 Å². The predicted molar refractivity (Wildman–Crippen MR) is 105 cm³/mol. The van der Waals surface area contributed by atoms with Crippen LogP contribution < -0.4 is 4.90 Å². The zero-order chi connectivity index (χ0) is 19.4. The van der Waals surface area contributed by atoms with E-state index in [2.05, 4.69) is 6.07 Å². The molecule has 1 aliphatic rings. The molecule has 0 unspecified atom stereocenters. The first-order valence-electron chi connectivity index (χ1n) is 8.50. The van der Waals surface area contributed by atoms with E-state index in [-0.39, 0.29) is 19.0 Å². The molecule has 1 fully saturated rings. The van der Waals surface area contributed by atoms with Gasteiger partial charge in [-0.3, -0.25) is 9.69 Å². The van der Waals surface area contributed by atoms with E-state index in [1.165, 1.54) is 0 Å². The van der Waals surface area contributed by atoms with Gasteiger partial charge in [0.2, 0.25) is 0 Å². The minimum Gasteiger partial charge on any atom is -0.481 e. The lowest BCUT2D eigenvalue weighted by atomic mass is 10.0. The fraction of sp³-hybridized carbons (Fsp3) is 0.250. The van der Waals surface area contributed by atoms with Crippen molar-refractivity contribution in [2.45, 2.75) is 11.3 Å². The highest BCUT2D eigenvalue weighted by atomic mass is 32.2.